The van der Waals surface area contributed by atoms with Crippen molar-refractivity contribution in [1.29, 1.82) is 0 Å². The molecule has 3 heterocycles. The summed E-state index contributed by atoms with van der Waals surface area (Å²) in [4.78, 5) is 6.07. The largest absolute Gasteiger partial charge is 0.381 e. The first kappa shape index (κ1) is 12.2. The standard InChI is InChI=1S/C14H23N3O/c1-2-13(16-5-1)14(12-3-10-18-11-4-12)17-8-6-15-7-9-17/h1-2,5,12,14-16H,3-4,6-11H2/t14-/m0/s1. The lowest BCUT2D eigenvalue weighted by Crippen LogP contribution is -2.47. The molecule has 3 rings (SSSR count). The third-order valence-electron chi connectivity index (χ3n) is 4.20. The van der Waals surface area contributed by atoms with Crippen molar-refractivity contribution in [2.24, 2.45) is 5.92 Å². The molecule has 2 aliphatic heterocycles. The average molecular weight is 249 g/mol. The van der Waals surface area contributed by atoms with Crippen molar-refractivity contribution in [2.75, 3.05) is 39.4 Å². The summed E-state index contributed by atoms with van der Waals surface area (Å²) < 4.78 is 5.51. The molecule has 2 aliphatic rings. The van der Waals surface area contributed by atoms with Crippen LogP contribution >= 0.6 is 0 Å². The van der Waals surface area contributed by atoms with Gasteiger partial charge in [-0.1, -0.05) is 0 Å². The van der Waals surface area contributed by atoms with E-state index < -0.39 is 0 Å². The monoisotopic (exact) mass is 249 g/mol. The quantitative estimate of drug-likeness (QED) is 0.850. The number of aromatic nitrogens is 1. The summed E-state index contributed by atoms with van der Waals surface area (Å²) in [6.07, 6.45) is 4.42. The summed E-state index contributed by atoms with van der Waals surface area (Å²) in [6.45, 7) is 6.38. The molecule has 1 aromatic heterocycles. The summed E-state index contributed by atoms with van der Waals surface area (Å²) in [6, 6.07) is 4.90. The molecule has 1 atom stereocenters. The Labute approximate surface area is 109 Å². The molecule has 2 saturated heterocycles. The number of ether oxygens (including phenoxy) is 1. The normalized spacial score (nSPS) is 25.1. The summed E-state index contributed by atoms with van der Waals surface area (Å²) >= 11 is 0. The lowest BCUT2D eigenvalue weighted by Gasteiger charge is -2.40. The van der Waals surface area contributed by atoms with Gasteiger partial charge in [0.25, 0.3) is 0 Å². The second-order valence-electron chi connectivity index (χ2n) is 5.31. The Hall–Kier alpha value is -0.840. The molecular formula is C14H23N3O. The maximum absolute atomic E-state index is 5.51. The highest BCUT2D eigenvalue weighted by Gasteiger charge is 2.31. The topological polar surface area (TPSA) is 40.3 Å². The highest BCUT2D eigenvalue weighted by Crippen LogP contribution is 2.34. The Kier molecular flexibility index (Phi) is 3.98. The van der Waals surface area contributed by atoms with Gasteiger partial charge in [0.05, 0.1) is 6.04 Å². The predicted octanol–water partition coefficient (Wildman–Crippen LogP) is 1.39. The second-order valence-corrected chi connectivity index (χ2v) is 5.31. The van der Waals surface area contributed by atoms with Crippen LogP contribution in [0.2, 0.25) is 0 Å². The predicted molar refractivity (Wildman–Crippen MR) is 71.5 cm³/mol. The Morgan fingerprint density at radius 1 is 1.22 bits per heavy atom. The van der Waals surface area contributed by atoms with Crippen molar-refractivity contribution in [2.45, 2.75) is 18.9 Å². The molecule has 2 N–H and O–H groups in total. The zero-order valence-electron chi connectivity index (χ0n) is 10.9. The molecule has 0 aromatic carbocycles. The number of nitrogens with zero attached hydrogens (tertiary/aromatic N) is 1. The number of piperazine rings is 1. The third-order valence-corrected chi connectivity index (χ3v) is 4.20. The van der Waals surface area contributed by atoms with E-state index in [4.69, 9.17) is 4.74 Å². The zero-order chi connectivity index (χ0) is 12.2. The number of aromatic amines is 1. The van der Waals surface area contributed by atoms with E-state index in [1.165, 1.54) is 18.5 Å². The van der Waals surface area contributed by atoms with Gasteiger partial charge in [-0.15, -0.1) is 0 Å². The minimum Gasteiger partial charge on any atom is -0.381 e. The van der Waals surface area contributed by atoms with Gasteiger partial charge in [-0.2, -0.15) is 0 Å². The summed E-state index contributed by atoms with van der Waals surface area (Å²) in [7, 11) is 0. The number of H-pyrrole nitrogens is 1. The van der Waals surface area contributed by atoms with Crippen LogP contribution in [0.4, 0.5) is 0 Å². The van der Waals surface area contributed by atoms with E-state index in [1.807, 2.05) is 6.20 Å². The van der Waals surface area contributed by atoms with Crippen molar-refractivity contribution in [1.82, 2.24) is 15.2 Å². The van der Waals surface area contributed by atoms with Crippen LogP contribution in [0, 0.1) is 5.92 Å². The molecule has 4 heteroatoms. The van der Waals surface area contributed by atoms with Crippen LogP contribution in [0.3, 0.4) is 0 Å². The summed E-state index contributed by atoms with van der Waals surface area (Å²) in [5.74, 6) is 0.732. The molecule has 0 amide bonds. The average Bonchev–Trinajstić information content (AvgIpc) is 2.95. The van der Waals surface area contributed by atoms with Gasteiger partial charge in [-0.3, -0.25) is 4.90 Å². The van der Waals surface area contributed by atoms with Crippen molar-refractivity contribution in [3.05, 3.63) is 24.0 Å². The van der Waals surface area contributed by atoms with Crippen LogP contribution in [0.25, 0.3) is 0 Å². The number of rotatable bonds is 3. The zero-order valence-corrected chi connectivity index (χ0v) is 10.9. The van der Waals surface area contributed by atoms with Gasteiger partial charge >= 0.3 is 0 Å². The van der Waals surface area contributed by atoms with E-state index in [1.54, 1.807) is 0 Å². The number of hydrogen-bond acceptors (Lipinski definition) is 3. The van der Waals surface area contributed by atoms with Gasteiger partial charge in [-0.05, 0) is 30.9 Å². The minimum absolute atomic E-state index is 0.547. The number of hydrogen-bond donors (Lipinski definition) is 2. The fraction of sp³-hybridized carbons (Fsp3) is 0.714. The lowest BCUT2D eigenvalue weighted by atomic mass is 9.88. The maximum atomic E-state index is 5.51. The molecule has 0 bridgehead atoms. The van der Waals surface area contributed by atoms with Crippen molar-refractivity contribution >= 4 is 0 Å². The van der Waals surface area contributed by atoms with Crippen LogP contribution < -0.4 is 5.32 Å². The van der Waals surface area contributed by atoms with Crippen LogP contribution in [0.1, 0.15) is 24.6 Å². The van der Waals surface area contributed by atoms with Gasteiger partial charge < -0.3 is 15.0 Å². The maximum Gasteiger partial charge on any atom is 0.0529 e. The molecule has 18 heavy (non-hydrogen) atoms. The van der Waals surface area contributed by atoms with Crippen LogP contribution in [-0.2, 0) is 4.74 Å². The van der Waals surface area contributed by atoms with Gasteiger partial charge in [0.2, 0.25) is 0 Å². The van der Waals surface area contributed by atoms with E-state index in [0.29, 0.717) is 6.04 Å². The highest BCUT2D eigenvalue weighted by molar-refractivity contribution is 5.11. The SMILES string of the molecule is c1c[nH]c([C@H](C2CCOCC2)N2CCNCC2)c1. The molecule has 0 aliphatic carbocycles. The van der Waals surface area contributed by atoms with E-state index in [2.05, 4.69) is 27.3 Å². The van der Waals surface area contributed by atoms with Crippen LogP contribution in [0.5, 0.6) is 0 Å². The van der Waals surface area contributed by atoms with E-state index in [9.17, 15) is 0 Å². The van der Waals surface area contributed by atoms with Gasteiger partial charge in [0.1, 0.15) is 0 Å². The van der Waals surface area contributed by atoms with Gasteiger partial charge in [0, 0.05) is 51.3 Å². The Morgan fingerprint density at radius 2 is 2.00 bits per heavy atom. The fourth-order valence-electron chi connectivity index (χ4n) is 3.27. The Balaban J connectivity index is 1.78. The Bertz CT molecular complexity index is 322. The molecule has 100 valence electrons. The molecule has 2 fully saturated rings. The molecule has 0 unspecified atom stereocenters. The van der Waals surface area contributed by atoms with Crippen LogP contribution in [-0.4, -0.2) is 49.3 Å². The molecule has 0 spiro atoms. The third kappa shape index (κ3) is 2.60. The van der Waals surface area contributed by atoms with Crippen molar-refractivity contribution in [3.8, 4) is 0 Å². The van der Waals surface area contributed by atoms with Crippen molar-refractivity contribution in [3.63, 3.8) is 0 Å². The fourth-order valence-corrected chi connectivity index (χ4v) is 3.27. The van der Waals surface area contributed by atoms with Gasteiger partial charge in [0.15, 0.2) is 0 Å². The van der Waals surface area contributed by atoms with Gasteiger partial charge in [-0.25, -0.2) is 0 Å². The first-order chi connectivity index (χ1) is 8.95. The van der Waals surface area contributed by atoms with Crippen molar-refractivity contribution < 1.29 is 4.74 Å². The molecule has 1 aromatic rings. The second kappa shape index (κ2) is 5.87. The first-order valence-electron chi connectivity index (χ1n) is 7.11. The number of nitrogens with one attached hydrogen (secondary N) is 2. The first-order valence-corrected chi connectivity index (χ1v) is 7.11. The van der Waals surface area contributed by atoms with E-state index in [0.717, 1.165) is 45.3 Å². The molecular weight excluding hydrogens is 226 g/mol. The highest BCUT2D eigenvalue weighted by atomic mass is 16.5. The van der Waals surface area contributed by atoms with E-state index >= 15 is 0 Å². The lowest BCUT2D eigenvalue weighted by molar-refractivity contribution is 0.0202. The van der Waals surface area contributed by atoms with Crippen LogP contribution in [0.15, 0.2) is 18.3 Å². The Morgan fingerprint density at radius 3 is 2.67 bits per heavy atom. The van der Waals surface area contributed by atoms with E-state index in [-0.39, 0.29) is 0 Å². The minimum atomic E-state index is 0.547. The molecule has 4 nitrogen and oxygen atoms in total. The smallest absolute Gasteiger partial charge is 0.0529 e. The summed E-state index contributed by atoms with van der Waals surface area (Å²) in [5.41, 5.74) is 1.38. The summed E-state index contributed by atoms with van der Waals surface area (Å²) in [5, 5.41) is 3.44. The molecule has 0 radical (unpaired) electrons. The molecule has 0 saturated carbocycles.